The minimum absolute atomic E-state index is 0.393. The van der Waals surface area contributed by atoms with Crippen molar-refractivity contribution in [1.29, 1.82) is 10.5 Å². The topological polar surface area (TPSA) is 59.6 Å². The van der Waals surface area contributed by atoms with Crippen molar-refractivity contribution in [3.05, 3.63) is 35.4 Å². The molecule has 1 aromatic carbocycles. The Morgan fingerprint density at radius 3 is 2.64 bits per heavy atom. The fourth-order valence-corrected chi connectivity index (χ4v) is 1.28. The van der Waals surface area contributed by atoms with Crippen LogP contribution in [0.5, 0.6) is 0 Å². The van der Waals surface area contributed by atoms with Gasteiger partial charge in [-0.3, -0.25) is 5.32 Å². The predicted octanol–water partition coefficient (Wildman–Crippen LogP) is 1.73. The first kappa shape index (κ1) is 10.2. The van der Waals surface area contributed by atoms with Gasteiger partial charge in [0.25, 0.3) is 0 Å². The van der Waals surface area contributed by atoms with Gasteiger partial charge in [0.15, 0.2) is 0 Å². The molecular weight excluding hydrogens is 174 g/mol. The van der Waals surface area contributed by atoms with Crippen LogP contribution in [0.2, 0.25) is 0 Å². The average molecular weight is 185 g/mol. The zero-order valence-corrected chi connectivity index (χ0v) is 7.99. The molecule has 0 heterocycles. The maximum Gasteiger partial charge on any atom is 0.122 e. The smallest absolute Gasteiger partial charge is 0.122 e. The average Bonchev–Trinajstić information content (AvgIpc) is 2.26. The van der Waals surface area contributed by atoms with Crippen LogP contribution in [0, 0.1) is 22.7 Å². The van der Waals surface area contributed by atoms with Crippen molar-refractivity contribution >= 4 is 0 Å². The highest BCUT2D eigenvalue weighted by Crippen LogP contribution is 2.16. The molecule has 0 aliphatic carbocycles. The lowest BCUT2D eigenvalue weighted by molar-refractivity contribution is 0.657. The zero-order valence-electron chi connectivity index (χ0n) is 7.99. The summed E-state index contributed by atoms with van der Waals surface area (Å²) >= 11 is 0. The Morgan fingerprint density at radius 1 is 1.36 bits per heavy atom. The summed E-state index contributed by atoms with van der Waals surface area (Å²) in [6.07, 6.45) is 0. The predicted molar refractivity (Wildman–Crippen MR) is 53.2 cm³/mol. The molecule has 1 N–H and O–H groups in total. The van der Waals surface area contributed by atoms with Crippen molar-refractivity contribution in [3.8, 4) is 12.1 Å². The maximum absolute atomic E-state index is 8.91. The summed E-state index contributed by atoms with van der Waals surface area (Å²) in [5.41, 5.74) is 1.30. The summed E-state index contributed by atoms with van der Waals surface area (Å²) in [6.45, 7) is 2.64. The van der Waals surface area contributed by atoms with E-state index >= 15 is 0 Å². The van der Waals surface area contributed by atoms with Crippen molar-refractivity contribution in [2.75, 3.05) is 6.54 Å². The minimum Gasteiger partial charge on any atom is -0.298 e. The highest BCUT2D eigenvalue weighted by Gasteiger charge is 2.12. The third-order valence-electron chi connectivity index (χ3n) is 1.93. The third kappa shape index (κ3) is 2.10. The number of nitrogens with one attached hydrogen (secondary N) is 1. The van der Waals surface area contributed by atoms with Crippen LogP contribution in [-0.4, -0.2) is 6.54 Å². The molecule has 1 unspecified atom stereocenters. The molecule has 0 fully saturated rings. The van der Waals surface area contributed by atoms with Gasteiger partial charge < -0.3 is 0 Å². The Labute approximate surface area is 83.6 Å². The number of benzene rings is 1. The van der Waals surface area contributed by atoms with E-state index < -0.39 is 6.04 Å². The van der Waals surface area contributed by atoms with Crippen molar-refractivity contribution in [2.45, 2.75) is 13.0 Å². The first-order valence-corrected chi connectivity index (χ1v) is 4.45. The fourth-order valence-electron chi connectivity index (χ4n) is 1.28. The molecule has 0 amide bonds. The number of hydrogen-bond acceptors (Lipinski definition) is 3. The number of nitrogens with zero attached hydrogens (tertiary/aromatic N) is 2. The first-order valence-electron chi connectivity index (χ1n) is 4.45. The fraction of sp³-hybridized carbons (Fsp3) is 0.273. The normalized spacial score (nSPS) is 11.4. The van der Waals surface area contributed by atoms with Gasteiger partial charge in [0.1, 0.15) is 6.04 Å². The largest absolute Gasteiger partial charge is 0.298 e. The van der Waals surface area contributed by atoms with E-state index in [0.29, 0.717) is 12.1 Å². The lowest BCUT2D eigenvalue weighted by atomic mass is 10.0. The maximum atomic E-state index is 8.91. The van der Waals surface area contributed by atoms with E-state index in [4.69, 9.17) is 10.5 Å². The summed E-state index contributed by atoms with van der Waals surface area (Å²) in [5.74, 6) is 0. The standard InChI is InChI=1S/C11H11N3/c1-2-14-11(8-13)10-6-4-3-5-9(10)7-12/h3-6,11,14H,2H2,1H3. The minimum atomic E-state index is -0.393. The molecule has 0 bridgehead atoms. The second kappa shape index (κ2) is 5.01. The van der Waals surface area contributed by atoms with Crippen LogP contribution in [0.1, 0.15) is 24.1 Å². The van der Waals surface area contributed by atoms with E-state index in [1.807, 2.05) is 13.0 Å². The molecule has 1 atom stereocenters. The zero-order chi connectivity index (χ0) is 10.4. The van der Waals surface area contributed by atoms with E-state index in [0.717, 1.165) is 5.56 Å². The van der Waals surface area contributed by atoms with Crippen LogP contribution in [0.3, 0.4) is 0 Å². The molecule has 0 aromatic heterocycles. The summed E-state index contributed by atoms with van der Waals surface area (Å²) < 4.78 is 0. The quantitative estimate of drug-likeness (QED) is 0.780. The van der Waals surface area contributed by atoms with Gasteiger partial charge >= 0.3 is 0 Å². The van der Waals surface area contributed by atoms with E-state index in [2.05, 4.69) is 17.5 Å². The van der Waals surface area contributed by atoms with E-state index in [-0.39, 0.29) is 0 Å². The molecule has 0 spiro atoms. The van der Waals surface area contributed by atoms with Crippen LogP contribution >= 0.6 is 0 Å². The Kier molecular flexibility index (Phi) is 3.67. The molecule has 70 valence electrons. The lowest BCUT2D eigenvalue weighted by Gasteiger charge is -2.10. The van der Waals surface area contributed by atoms with Gasteiger partial charge in [-0.25, -0.2) is 0 Å². The first-order chi connectivity index (χ1) is 6.83. The highest BCUT2D eigenvalue weighted by molar-refractivity contribution is 5.41. The number of rotatable bonds is 3. The molecule has 0 saturated heterocycles. The molecule has 3 heteroatoms. The van der Waals surface area contributed by atoms with Gasteiger partial charge in [0, 0.05) is 5.56 Å². The molecule has 1 aromatic rings. The van der Waals surface area contributed by atoms with Crippen LogP contribution in [0.4, 0.5) is 0 Å². The van der Waals surface area contributed by atoms with Gasteiger partial charge in [-0.15, -0.1) is 0 Å². The van der Waals surface area contributed by atoms with E-state index in [9.17, 15) is 0 Å². The SMILES string of the molecule is CCNC(C#N)c1ccccc1C#N. The lowest BCUT2D eigenvalue weighted by Crippen LogP contribution is -2.20. The molecule has 0 saturated carbocycles. The Morgan fingerprint density at radius 2 is 2.07 bits per heavy atom. The summed E-state index contributed by atoms with van der Waals surface area (Å²) in [5, 5.41) is 20.8. The van der Waals surface area contributed by atoms with Gasteiger partial charge in [-0.1, -0.05) is 25.1 Å². The number of hydrogen-bond donors (Lipinski definition) is 1. The molecular formula is C11H11N3. The van der Waals surface area contributed by atoms with Crippen molar-refractivity contribution in [2.24, 2.45) is 0 Å². The van der Waals surface area contributed by atoms with Gasteiger partial charge in [-0.05, 0) is 12.6 Å². The molecule has 3 nitrogen and oxygen atoms in total. The molecule has 14 heavy (non-hydrogen) atoms. The van der Waals surface area contributed by atoms with Crippen LogP contribution in [-0.2, 0) is 0 Å². The molecule has 0 aliphatic rings. The number of nitriles is 2. The Bertz CT molecular complexity index is 384. The summed E-state index contributed by atoms with van der Waals surface area (Å²) in [4.78, 5) is 0. The second-order valence-corrected chi connectivity index (χ2v) is 2.82. The Hall–Kier alpha value is -1.84. The van der Waals surface area contributed by atoms with Crippen molar-refractivity contribution in [1.82, 2.24) is 5.32 Å². The van der Waals surface area contributed by atoms with Gasteiger partial charge in [-0.2, -0.15) is 10.5 Å². The highest BCUT2D eigenvalue weighted by atomic mass is 14.9. The monoisotopic (exact) mass is 185 g/mol. The third-order valence-corrected chi connectivity index (χ3v) is 1.93. The van der Waals surface area contributed by atoms with Crippen LogP contribution < -0.4 is 5.32 Å². The molecule has 1 rings (SSSR count). The second-order valence-electron chi connectivity index (χ2n) is 2.82. The Balaban J connectivity index is 3.05. The summed E-state index contributed by atoms with van der Waals surface area (Å²) in [7, 11) is 0. The molecule has 0 aliphatic heterocycles. The molecule has 0 radical (unpaired) electrons. The van der Waals surface area contributed by atoms with Crippen molar-refractivity contribution < 1.29 is 0 Å². The summed E-state index contributed by atoms with van der Waals surface area (Å²) in [6, 6.07) is 11.0. The van der Waals surface area contributed by atoms with E-state index in [1.54, 1.807) is 18.2 Å². The van der Waals surface area contributed by atoms with Crippen LogP contribution in [0.15, 0.2) is 24.3 Å². The van der Waals surface area contributed by atoms with Crippen LogP contribution in [0.25, 0.3) is 0 Å². The van der Waals surface area contributed by atoms with E-state index in [1.165, 1.54) is 0 Å². The van der Waals surface area contributed by atoms with Gasteiger partial charge in [0.05, 0.1) is 17.7 Å². The van der Waals surface area contributed by atoms with Gasteiger partial charge in [0.2, 0.25) is 0 Å². The van der Waals surface area contributed by atoms with Crippen molar-refractivity contribution in [3.63, 3.8) is 0 Å².